The van der Waals surface area contributed by atoms with Crippen molar-refractivity contribution in [2.45, 2.75) is 6.61 Å². The average molecular weight is 376 g/mol. The standard InChI is InChI=1S/C17H14F2N4O2S/c1-23(13-6-2-4-11(18)8-13)17(24)20-16-22-21-15(26-16)10-25-14-7-3-5-12(19)9-14/h2-9H,10H2,1H3,(H,20,22,24). The lowest BCUT2D eigenvalue weighted by Gasteiger charge is -2.16. The SMILES string of the molecule is CN(C(=O)Nc1nnc(COc2cccc(F)c2)s1)c1cccc(F)c1. The summed E-state index contributed by atoms with van der Waals surface area (Å²) in [4.78, 5) is 13.5. The van der Waals surface area contributed by atoms with Crippen LogP contribution < -0.4 is 15.0 Å². The number of amides is 2. The van der Waals surface area contributed by atoms with Crippen LogP contribution in [0.1, 0.15) is 5.01 Å². The van der Waals surface area contributed by atoms with Crippen LogP contribution in [0, 0.1) is 11.6 Å². The van der Waals surface area contributed by atoms with E-state index in [0.29, 0.717) is 16.4 Å². The Morgan fingerprint density at radius 1 is 1.15 bits per heavy atom. The molecular formula is C17H14F2N4O2S. The van der Waals surface area contributed by atoms with Crippen molar-refractivity contribution in [1.29, 1.82) is 0 Å². The number of nitrogens with zero attached hydrogens (tertiary/aromatic N) is 3. The fraction of sp³-hybridized carbons (Fsp3) is 0.118. The van der Waals surface area contributed by atoms with Crippen LogP contribution in [0.2, 0.25) is 0 Å². The topological polar surface area (TPSA) is 67.4 Å². The maximum Gasteiger partial charge on any atom is 0.327 e. The minimum Gasteiger partial charge on any atom is -0.486 e. The quantitative estimate of drug-likeness (QED) is 0.729. The summed E-state index contributed by atoms with van der Waals surface area (Å²) < 4.78 is 31.8. The number of benzene rings is 2. The molecule has 0 spiro atoms. The molecule has 0 aliphatic heterocycles. The summed E-state index contributed by atoms with van der Waals surface area (Å²) in [5, 5.41) is 11.1. The van der Waals surface area contributed by atoms with Crippen LogP contribution in [-0.2, 0) is 6.61 Å². The molecule has 2 amide bonds. The number of anilines is 2. The van der Waals surface area contributed by atoms with Gasteiger partial charge in [-0.15, -0.1) is 10.2 Å². The van der Waals surface area contributed by atoms with Crippen molar-refractivity contribution in [3.05, 3.63) is 65.2 Å². The maximum absolute atomic E-state index is 13.3. The van der Waals surface area contributed by atoms with E-state index in [2.05, 4.69) is 15.5 Å². The number of ether oxygens (including phenoxy) is 1. The van der Waals surface area contributed by atoms with Crippen LogP contribution in [0.15, 0.2) is 48.5 Å². The highest BCUT2D eigenvalue weighted by Gasteiger charge is 2.14. The van der Waals surface area contributed by atoms with Gasteiger partial charge in [0, 0.05) is 18.8 Å². The Morgan fingerprint density at radius 3 is 2.62 bits per heavy atom. The molecule has 0 saturated heterocycles. The minimum atomic E-state index is -0.482. The number of aromatic nitrogens is 2. The van der Waals surface area contributed by atoms with Gasteiger partial charge in [0.25, 0.3) is 0 Å². The summed E-state index contributed by atoms with van der Waals surface area (Å²) >= 11 is 1.13. The Hall–Kier alpha value is -3.07. The number of carbonyl (C=O) groups excluding carboxylic acids is 1. The molecule has 1 heterocycles. The molecule has 0 atom stereocenters. The van der Waals surface area contributed by atoms with E-state index in [9.17, 15) is 13.6 Å². The minimum absolute atomic E-state index is 0.0940. The highest BCUT2D eigenvalue weighted by atomic mass is 32.1. The lowest BCUT2D eigenvalue weighted by atomic mass is 10.3. The van der Waals surface area contributed by atoms with Gasteiger partial charge in [-0.2, -0.15) is 0 Å². The lowest BCUT2D eigenvalue weighted by Crippen LogP contribution is -2.31. The number of urea groups is 1. The zero-order valence-electron chi connectivity index (χ0n) is 13.6. The van der Waals surface area contributed by atoms with Crippen molar-refractivity contribution in [1.82, 2.24) is 10.2 Å². The van der Waals surface area contributed by atoms with Crippen molar-refractivity contribution >= 4 is 28.2 Å². The van der Waals surface area contributed by atoms with Crippen LogP contribution >= 0.6 is 11.3 Å². The van der Waals surface area contributed by atoms with Crippen molar-refractivity contribution in [3.8, 4) is 5.75 Å². The van der Waals surface area contributed by atoms with Crippen LogP contribution in [-0.4, -0.2) is 23.3 Å². The second-order valence-electron chi connectivity index (χ2n) is 5.22. The Kier molecular flexibility index (Phi) is 5.37. The first kappa shape index (κ1) is 17.7. The number of carbonyl (C=O) groups is 1. The van der Waals surface area contributed by atoms with E-state index in [1.807, 2.05) is 0 Å². The molecule has 3 rings (SSSR count). The molecule has 1 N–H and O–H groups in total. The molecule has 1 aromatic heterocycles. The molecule has 0 saturated carbocycles. The van der Waals surface area contributed by atoms with Crippen molar-refractivity contribution in [2.24, 2.45) is 0 Å². The number of hydrogen-bond acceptors (Lipinski definition) is 5. The summed E-state index contributed by atoms with van der Waals surface area (Å²) in [6, 6.07) is 10.9. The largest absolute Gasteiger partial charge is 0.486 e. The van der Waals surface area contributed by atoms with Crippen LogP contribution in [0.25, 0.3) is 0 Å². The molecule has 3 aromatic rings. The van der Waals surface area contributed by atoms with Gasteiger partial charge in [-0.1, -0.05) is 23.5 Å². The van der Waals surface area contributed by atoms with Gasteiger partial charge in [0.2, 0.25) is 5.13 Å². The summed E-state index contributed by atoms with van der Waals surface area (Å²) in [6.07, 6.45) is 0. The molecule has 0 aliphatic rings. The van der Waals surface area contributed by atoms with Gasteiger partial charge in [0.1, 0.15) is 24.0 Å². The summed E-state index contributed by atoms with van der Waals surface area (Å²) in [5.74, 6) is -0.459. The molecule has 134 valence electrons. The van der Waals surface area contributed by atoms with Gasteiger partial charge < -0.3 is 4.74 Å². The second kappa shape index (κ2) is 7.87. The normalized spacial score (nSPS) is 10.4. The maximum atomic E-state index is 13.3. The van der Waals surface area contributed by atoms with E-state index in [-0.39, 0.29) is 11.7 Å². The van der Waals surface area contributed by atoms with Crippen LogP contribution in [0.4, 0.5) is 24.4 Å². The second-order valence-corrected chi connectivity index (χ2v) is 6.28. The predicted octanol–water partition coefficient (Wildman–Crippen LogP) is 4.06. The molecule has 9 heteroatoms. The molecule has 0 bridgehead atoms. The predicted molar refractivity (Wildman–Crippen MR) is 94.5 cm³/mol. The number of halogens is 2. The Labute approximate surface area is 152 Å². The van der Waals surface area contributed by atoms with Gasteiger partial charge in [-0.25, -0.2) is 13.6 Å². The summed E-state index contributed by atoms with van der Waals surface area (Å²) in [7, 11) is 1.51. The summed E-state index contributed by atoms with van der Waals surface area (Å²) in [5.41, 5.74) is 0.404. The Bertz CT molecular complexity index is 919. The fourth-order valence-electron chi connectivity index (χ4n) is 2.04. The van der Waals surface area contributed by atoms with Crippen LogP contribution in [0.5, 0.6) is 5.75 Å². The fourth-order valence-corrected chi connectivity index (χ4v) is 2.68. The van der Waals surface area contributed by atoms with E-state index in [1.54, 1.807) is 18.2 Å². The first-order valence-electron chi connectivity index (χ1n) is 7.52. The van der Waals surface area contributed by atoms with Crippen LogP contribution in [0.3, 0.4) is 0 Å². The van der Waals surface area contributed by atoms with E-state index < -0.39 is 17.7 Å². The van der Waals surface area contributed by atoms with Crippen molar-refractivity contribution in [3.63, 3.8) is 0 Å². The third kappa shape index (κ3) is 4.51. The number of hydrogen-bond donors (Lipinski definition) is 1. The third-order valence-electron chi connectivity index (χ3n) is 3.34. The van der Waals surface area contributed by atoms with Crippen molar-refractivity contribution < 1.29 is 18.3 Å². The Morgan fingerprint density at radius 2 is 1.88 bits per heavy atom. The van der Waals surface area contributed by atoms with Gasteiger partial charge in [-0.05, 0) is 30.3 Å². The smallest absolute Gasteiger partial charge is 0.327 e. The number of nitrogens with one attached hydrogen (secondary N) is 1. The molecule has 26 heavy (non-hydrogen) atoms. The van der Waals surface area contributed by atoms with Gasteiger partial charge in [0.05, 0.1) is 0 Å². The number of rotatable bonds is 5. The van der Waals surface area contributed by atoms with Gasteiger partial charge in [-0.3, -0.25) is 10.2 Å². The molecular weight excluding hydrogens is 362 g/mol. The van der Waals surface area contributed by atoms with E-state index in [4.69, 9.17) is 4.74 Å². The molecule has 2 aromatic carbocycles. The highest BCUT2D eigenvalue weighted by molar-refractivity contribution is 7.15. The van der Waals surface area contributed by atoms with E-state index in [0.717, 1.165) is 11.3 Å². The molecule has 0 unspecified atom stereocenters. The lowest BCUT2D eigenvalue weighted by molar-refractivity contribution is 0.258. The molecule has 0 radical (unpaired) electrons. The van der Waals surface area contributed by atoms with Gasteiger partial charge >= 0.3 is 6.03 Å². The van der Waals surface area contributed by atoms with Crippen molar-refractivity contribution in [2.75, 3.05) is 17.3 Å². The Balaban J connectivity index is 1.58. The molecule has 6 nitrogen and oxygen atoms in total. The summed E-state index contributed by atoms with van der Waals surface area (Å²) in [6.45, 7) is 0.0940. The zero-order chi connectivity index (χ0) is 18.5. The molecule has 0 fully saturated rings. The monoisotopic (exact) mass is 376 g/mol. The first-order chi connectivity index (χ1) is 12.5. The highest BCUT2D eigenvalue weighted by Crippen LogP contribution is 2.20. The molecule has 0 aliphatic carbocycles. The first-order valence-corrected chi connectivity index (χ1v) is 8.34. The van der Waals surface area contributed by atoms with Gasteiger partial charge in [0.15, 0.2) is 5.01 Å². The zero-order valence-corrected chi connectivity index (χ0v) is 14.5. The third-order valence-corrected chi connectivity index (χ3v) is 4.15. The van der Waals surface area contributed by atoms with E-state index >= 15 is 0 Å². The average Bonchev–Trinajstić information content (AvgIpc) is 3.07. The van der Waals surface area contributed by atoms with E-state index in [1.165, 1.54) is 42.3 Å².